The molecule has 5 aromatic rings. The SMILES string of the molecule is Cl.Cl.N=c1o[n-][n+](CCCCc2ccccc2)c1-c1cccc(-c2c(=N)o[n-][n+]2CCCCc2ccccc2)c1. The van der Waals surface area contributed by atoms with Crippen LogP contribution in [-0.2, 0) is 25.9 Å². The van der Waals surface area contributed by atoms with E-state index in [4.69, 9.17) is 19.9 Å². The number of unbranched alkanes of at least 4 members (excludes halogenated alkanes) is 2. The van der Waals surface area contributed by atoms with Crippen LogP contribution in [0.3, 0.4) is 0 Å². The van der Waals surface area contributed by atoms with Gasteiger partial charge in [0.1, 0.15) is 13.1 Å². The number of benzene rings is 3. The van der Waals surface area contributed by atoms with Crippen molar-refractivity contribution in [2.45, 2.75) is 51.6 Å². The molecular formula is C30H34Cl2N6O2. The predicted molar refractivity (Wildman–Crippen MR) is 154 cm³/mol. The zero-order valence-corrected chi connectivity index (χ0v) is 23.8. The lowest BCUT2D eigenvalue weighted by atomic mass is 10.1. The van der Waals surface area contributed by atoms with Gasteiger partial charge in [0.15, 0.2) is 0 Å². The molecule has 3 aromatic carbocycles. The second-order valence-corrected chi connectivity index (χ2v) is 9.41. The number of hydrogen-bond donors (Lipinski definition) is 2. The molecule has 0 fully saturated rings. The van der Waals surface area contributed by atoms with Crippen LogP contribution in [0.5, 0.6) is 0 Å². The lowest BCUT2D eigenvalue weighted by molar-refractivity contribution is -0.758. The zero-order chi connectivity index (χ0) is 26.2. The fourth-order valence-corrected chi connectivity index (χ4v) is 4.73. The fourth-order valence-electron chi connectivity index (χ4n) is 4.73. The third-order valence-electron chi connectivity index (χ3n) is 6.67. The van der Waals surface area contributed by atoms with Crippen molar-refractivity contribution < 1.29 is 18.4 Å². The van der Waals surface area contributed by atoms with Gasteiger partial charge < -0.3 is 9.05 Å². The standard InChI is InChI=1S/C30H32N6O2.2ClH/c31-29-27(35(33-37-29)20-9-7-16-23-12-3-1-4-13-23)25-18-11-19-26(22-25)28-30(32)38-34-36(28)21-10-8-17-24-14-5-2-6-15-24;;/h1-6,11-15,18-19,22,31-32H,7-10,16-17,20-21H2;2*1H. The first-order chi connectivity index (χ1) is 18.7. The second kappa shape index (κ2) is 15.1. The Morgan fingerprint density at radius 3 is 1.40 bits per heavy atom. The molecule has 0 aliphatic carbocycles. The van der Waals surface area contributed by atoms with Gasteiger partial charge in [-0.25, -0.2) is 9.36 Å². The number of nitrogens with one attached hydrogen (secondary N) is 2. The minimum Gasteiger partial charge on any atom is -0.486 e. The molecule has 0 radical (unpaired) electrons. The normalized spacial score (nSPS) is 10.6. The van der Waals surface area contributed by atoms with E-state index in [2.05, 4.69) is 59.1 Å². The lowest BCUT2D eigenvalue weighted by Crippen LogP contribution is -2.41. The van der Waals surface area contributed by atoms with E-state index in [1.807, 2.05) is 36.4 Å². The molecule has 0 amide bonds. The fraction of sp³-hybridized carbons (Fsp3) is 0.267. The van der Waals surface area contributed by atoms with E-state index in [0.29, 0.717) is 24.5 Å². The van der Waals surface area contributed by atoms with Crippen LogP contribution in [0.2, 0.25) is 0 Å². The highest BCUT2D eigenvalue weighted by atomic mass is 35.5. The van der Waals surface area contributed by atoms with E-state index in [0.717, 1.165) is 49.7 Å². The molecule has 0 aliphatic heterocycles. The van der Waals surface area contributed by atoms with Crippen molar-refractivity contribution in [3.05, 3.63) is 107 Å². The summed E-state index contributed by atoms with van der Waals surface area (Å²) in [7, 11) is 0. The molecular weight excluding hydrogens is 547 g/mol. The Hall–Kier alpha value is -3.88. The highest BCUT2D eigenvalue weighted by molar-refractivity contribution is 5.85. The number of halogens is 2. The Morgan fingerprint density at radius 2 is 0.975 bits per heavy atom. The summed E-state index contributed by atoms with van der Waals surface area (Å²) in [6.45, 7) is 1.32. The number of aryl methyl sites for hydroxylation is 4. The van der Waals surface area contributed by atoms with Crippen LogP contribution in [0.4, 0.5) is 0 Å². The summed E-state index contributed by atoms with van der Waals surface area (Å²) in [4.78, 5) is 0. The first-order valence-electron chi connectivity index (χ1n) is 13.1. The van der Waals surface area contributed by atoms with Crippen molar-refractivity contribution in [2.75, 3.05) is 0 Å². The molecule has 0 saturated heterocycles. The summed E-state index contributed by atoms with van der Waals surface area (Å²) < 4.78 is 14.0. The lowest BCUT2D eigenvalue weighted by Gasteiger charge is -2.06. The summed E-state index contributed by atoms with van der Waals surface area (Å²) in [5.41, 5.74) is 5.57. The molecule has 5 rings (SSSR count). The van der Waals surface area contributed by atoms with Gasteiger partial charge in [0.05, 0.1) is 11.1 Å². The molecule has 2 N–H and O–H groups in total. The number of nitrogens with zero attached hydrogens (tertiary/aromatic N) is 4. The monoisotopic (exact) mass is 580 g/mol. The third-order valence-corrected chi connectivity index (χ3v) is 6.67. The maximum Gasteiger partial charge on any atom is 0.273 e. The van der Waals surface area contributed by atoms with E-state index in [-0.39, 0.29) is 35.9 Å². The third kappa shape index (κ3) is 7.61. The van der Waals surface area contributed by atoms with Crippen molar-refractivity contribution in [3.8, 4) is 22.5 Å². The topological polar surface area (TPSA) is 110 Å². The summed E-state index contributed by atoms with van der Waals surface area (Å²) in [6.07, 6.45) is 5.88. The molecule has 0 unspecified atom stereocenters. The molecule has 0 spiro atoms. The molecule has 0 bridgehead atoms. The quantitative estimate of drug-likeness (QED) is 0.167. The minimum atomic E-state index is 0. The van der Waals surface area contributed by atoms with Crippen molar-refractivity contribution in [2.24, 2.45) is 0 Å². The Bertz CT molecular complexity index is 1460. The van der Waals surface area contributed by atoms with Crippen LogP contribution >= 0.6 is 24.8 Å². The van der Waals surface area contributed by atoms with Crippen molar-refractivity contribution in [1.29, 1.82) is 10.8 Å². The predicted octanol–water partition coefficient (Wildman–Crippen LogP) is 4.54. The molecule has 0 saturated carbocycles. The van der Waals surface area contributed by atoms with Crippen molar-refractivity contribution >= 4 is 24.8 Å². The first kappa shape index (κ1) is 30.7. The minimum absolute atomic E-state index is 0. The Labute approximate surface area is 245 Å². The van der Waals surface area contributed by atoms with Gasteiger partial charge in [0.25, 0.3) is 22.5 Å². The van der Waals surface area contributed by atoms with Gasteiger partial charge in [-0.1, -0.05) is 66.7 Å². The van der Waals surface area contributed by atoms with Crippen LogP contribution in [0, 0.1) is 10.8 Å². The van der Waals surface area contributed by atoms with Crippen LogP contribution in [0.25, 0.3) is 22.5 Å². The Morgan fingerprint density at radius 1 is 0.550 bits per heavy atom. The summed E-state index contributed by atoms with van der Waals surface area (Å²) in [5.74, 6) is 0. The molecule has 10 heteroatoms. The van der Waals surface area contributed by atoms with Crippen LogP contribution in [0.1, 0.15) is 36.8 Å². The number of aromatic nitrogens is 4. The smallest absolute Gasteiger partial charge is 0.273 e. The molecule has 2 heterocycles. The van der Waals surface area contributed by atoms with Gasteiger partial charge in [0.2, 0.25) is 0 Å². The van der Waals surface area contributed by atoms with Crippen LogP contribution < -0.4 is 31.0 Å². The van der Waals surface area contributed by atoms with Gasteiger partial charge in [0, 0.05) is 12.8 Å². The van der Waals surface area contributed by atoms with E-state index in [1.165, 1.54) is 11.1 Å². The molecule has 8 nitrogen and oxygen atoms in total. The maximum absolute atomic E-state index is 8.33. The van der Waals surface area contributed by atoms with E-state index >= 15 is 0 Å². The first-order valence-corrected chi connectivity index (χ1v) is 13.1. The zero-order valence-electron chi connectivity index (χ0n) is 22.2. The summed E-state index contributed by atoms with van der Waals surface area (Å²) >= 11 is 0. The van der Waals surface area contributed by atoms with Crippen molar-refractivity contribution in [3.63, 3.8) is 0 Å². The van der Waals surface area contributed by atoms with Gasteiger partial charge in [-0.05, 0) is 55.0 Å². The maximum atomic E-state index is 8.33. The summed E-state index contributed by atoms with van der Waals surface area (Å²) in [5, 5.41) is 24.9. The Balaban J connectivity index is 0.00000220. The largest absolute Gasteiger partial charge is 0.486 e. The van der Waals surface area contributed by atoms with Gasteiger partial charge in [-0.2, -0.15) is 0 Å². The molecule has 2 aromatic heterocycles. The molecule has 0 atom stereocenters. The number of rotatable bonds is 12. The van der Waals surface area contributed by atoms with E-state index in [9.17, 15) is 0 Å². The van der Waals surface area contributed by atoms with Crippen LogP contribution in [-0.4, -0.2) is 0 Å². The van der Waals surface area contributed by atoms with Gasteiger partial charge >= 0.3 is 0 Å². The summed E-state index contributed by atoms with van der Waals surface area (Å²) in [6, 6.07) is 28.6. The van der Waals surface area contributed by atoms with Crippen LogP contribution in [0.15, 0.2) is 94.0 Å². The average molecular weight is 582 g/mol. The second-order valence-electron chi connectivity index (χ2n) is 9.41. The Kier molecular flexibility index (Phi) is 11.5. The molecule has 210 valence electrons. The van der Waals surface area contributed by atoms with Crippen molar-refractivity contribution in [1.82, 2.24) is 10.5 Å². The van der Waals surface area contributed by atoms with Gasteiger partial charge in [-0.3, -0.25) is 21.4 Å². The molecule has 40 heavy (non-hydrogen) atoms. The van der Waals surface area contributed by atoms with E-state index < -0.39 is 0 Å². The average Bonchev–Trinajstić information content (AvgIpc) is 3.51. The van der Waals surface area contributed by atoms with E-state index in [1.54, 1.807) is 9.36 Å². The highest BCUT2D eigenvalue weighted by Crippen LogP contribution is 2.20. The molecule has 0 aliphatic rings. The number of hydrogen-bond acceptors (Lipinski definition) is 4. The highest BCUT2D eigenvalue weighted by Gasteiger charge is 2.20. The van der Waals surface area contributed by atoms with Gasteiger partial charge in [-0.15, -0.1) is 24.8 Å².